The summed E-state index contributed by atoms with van der Waals surface area (Å²) < 4.78 is 5.76. The van der Waals surface area contributed by atoms with E-state index in [1.54, 1.807) is 12.4 Å². The number of carbonyl (C=O) groups excluding carboxylic acids is 1. The van der Waals surface area contributed by atoms with E-state index in [1.165, 1.54) is 11.8 Å². The first-order valence-electron chi connectivity index (χ1n) is 8.34. The molecule has 0 saturated carbocycles. The van der Waals surface area contributed by atoms with Crippen LogP contribution in [-0.2, 0) is 0 Å². The smallest absolute Gasteiger partial charge is 0.274 e. The Morgan fingerprint density at radius 3 is 2.75 bits per heavy atom. The quantitative estimate of drug-likeness (QED) is 0.842. The van der Waals surface area contributed by atoms with Crippen LogP contribution in [0.15, 0.2) is 42.9 Å². The number of aromatic nitrogens is 2. The standard InChI is InChI=1S/C18H20N4O2/c23-18(15-13-19-6-7-20-15)22-10-8-21(9-11-22)16-5-12-24-17-4-2-1-3-14(16)17/h1-4,6-7,13,16H,5,8-12H2. The molecule has 0 radical (unpaired) electrons. The highest BCUT2D eigenvalue weighted by atomic mass is 16.5. The molecule has 1 fully saturated rings. The van der Waals surface area contributed by atoms with E-state index < -0.39 is 0 Å². The predicted molar refractivity (Wildman–Crippen MR) is 88.8 cm³/mol. The first-order chi connectivity index (χ1) is 11.8. The summed E-state index contributed by atoms with van der Waals surface area (Å²) >= 11 is 0. The molecule has 1 unspecified atom stereocenters. The van der Waals surface area contributed by atoms with Crippen molar-refractivity contribution in [1.82, 2.24) is 19.8 Å². The van der Waals surface area contributed by atoms with Gasteiger partial charge in [0.25, 0.3) is 5.91 Å². The van der Waals surface area contributed by atoms with E-state index in [0.29, 0.717) is 11.7 Å². The number of carbonyl (C=O) groups is 1. The molecule has 1 atom stereocenters. The fourth-order valence-electron chi connectivity index (χ4n) is 3.51. The molecule has 2 aromatic rings. The van der Waals surface area contributed by atoms with Crippen LogP contribution in [0.1, 0.15) is 28.5 Å². The number of para-hydroxylation sites is 1. The molecule has 1 aromatic heterocycles. The zero-order valence-corrected chi connectivity index (χ0v) is 13.5. The van der Waals surface area contributed by atoms with Crippen molar-refractivity contribution in [3.8, 4) is 5.75 Å². The minimum atomic E-state index is -0.0323. The van der Waals surface area contributed by atoms with Gasteiger partial charge in [0.2, 0.25) is 0 Å². The largest absolute Gasteiger partial charge is 0.493 e. The molecule has 1 saturated heterocycles. The summed E-state index contributed by atoms with van der Waals surface area (Å²) in [6, 6.07) is 8.64. The summed E-state index contributed by atoms with van der Waals surface area (Å²) in [7, 11) is 0. The molecule has 3 heterocycles. The van der Waals surface area contributed by atoms with Gasteiger partial charge >= 0.3 is 0 Å². The normalized spacial score (nSPS) is 21.0. The number of amides is 1. The summed E-state index contributed by atoms with van der Waals surface area (Å²) in [4.78, 5) is 24.9. The Kier molecular flexibility index (Phi) is 4.13. The number of hydrogen-bond donors (Lipinski definition) is 0. The van der Waals surface area contributed by atoms with Crippen LogP contribution in [0, 0.1) is 0 Å². The van der Waals surface area contributed by atoms with Gasteiger partial charge in [0.05, 0.1) is 12.8 Å². The average molecular weight is 324 g/mol. The lowest BCUT2D eigenvalue weighted by molar-refractivity contribution is 0.0505. The van der Waals surface area contributed by atoms with E-state index in [2.05, 4.69) is 27.0 Å². The summed E-state index contributed by atoms with van der Waals surface area (Å²) in [5, 5.41) is 0. The molecule has 0 aliphatic carbocycles. The number of ether oxygens (including phenoxy) is 1. The third-order valence-corrected chi connectivity index (χ3v) is 4.75. The van der Waals surface area contributed by atoms with Crippen molar-refractivity contribution >= 4 is 5.91 Å². The van der Waals surface area contributed by atoms with Crippen LogP contribution in [0.25, 0.3) is 0 Å². The van der Waals surface area contributed by atoms with Crippen LogP contribution in [0.2, 0.25) is 0 Å². The monoisotopic (exact) mass is 324 g/mol. The molecule has 0 bridgehead atoms. The maximum Gasteiger partial charge on any atom is 0.274 e. The minimum Gasteiger partial charge on any atom is -0.493 e. The first-order valence-corrected chi connectivity index (χ1v) is 8.34. The number of piperazine rings is 1. The lowest BCUT2D eigenvalue weighted by Gasteiger charge is -2.41. The van der Waals surface area contributed by atoms with E-state index in [4.69, 9.17) is 4.74 Å². The lowest BCUT2D eigenvalue weighted by Crippen LogP contribution is -2.50. The Bertz CT molecular complexity index is 714. The second-order valence-electron chi connectivity index (χ2n) is 6.11. The van der Waals surface area contributed by atoms with Crippen LogP contribution in [-0.4, -0.2) is 58.5 Å². The Morgan fingerprint density at radius 2 is 1.96 bits per heavy atom. The summed E-state index contributed by atoms with van der Waals surface area (Å²) in [5.74, 6) is 0.960. The van der Waals surface area contributed by atoms with Crippen LogP contribution in [0.3, 0.4) is 0 Å². The Balaban J connectivity index is 1.43. The zero-order chi connectivity index (χ0) is 16.4. The molecule has 124 valence electrons. The van der Waals surface area contributed by atoms with E-state index >= 15 is 0 Å². The SMILES string of the molecule is O=C(c1cnccn1)N1CCN(C2CCOc3ccccc32)CC1. The van der Waals surface area contributed by atoms with Crippen molar-refractivity contribution in [3.05, 3.63) is 54.1 Å². The van der Waals surface area contributed by atoms with Crippen molar-refractivity contribution < 1.29 is 9.53 Å². The molecule has 1 aromatic carbocycles. The van der Waals surface area contributed by atoms with Crippen LogP contribution < -0.4 is 4.74 Å². The van der Waals surface area contributed by atoms with Gasteiger partial charge in [-0.3, -0.25) is 14.7 Å². The Labute approximate surface area is 141 Å². The minimum absolute atomic E-state index is 0.0323. The topological polar surface area (TPSA) is 58.6 Å². The average Bonchev–Trinajstić information content (AvgIpc) is 2.68. The molecule has 2 aliphatic rings. The van der Waals surface area contributed by atoms with Gasteiger partial charge in [-0.15, -0.1) is 0 Å². The lowest BCUT2D eigenvalue weighted by atomic mass is 9.98. The third-order valence-electron chi connectivity index (χ3n) is 4.75. The molecule has 6 heteroatoms. The van der Waals surface area contributed by atoms with E-state index in [9.17, 15) is 4.79 Å². The summed E-state index contributed by atoms with van der Waals surface area (Å²) in [6.07, 6.45) is 5.66. The number of nitrogens with zero attached hydrogens (tertiary/aromatic N) is 4. The molecule has 24 heavy (non-hydrogen) atoms. The Morgan fingerprint density at radius 1 is 1.12 bits per heavy atom. The highest BCUT2D eigenvalue weighted by Gasteiger charge is 2.31. The van der Waals surface area contributed by atoms with Crippen molar-refractivity contribution in [2.24, 2.45) is 0 Å². The van der Waals surface area contributed by atoms with Crippen LogP contribution >= 0.6 is 0 Å². The Hall–Kier alpha value is -2.47. The van der Waals surface area contributed by atoms with Crippen molar-refractivity contribution in [3.63, 3.8) is 0 Å². The fraction of sp³-hybridized carbons (Fsp3) is 0.389. The molecule has 1 amide bonds. The highest BCUT2D eigenvalue weighted by molar-refractivity contribution is 5.92. The molecule has 6 nitrogen and oxygen atoms in total. The molecular formula is C18H20N4O2. The van der Waals surface area contributed by atoms with Gasteiger partial charge in [0, 0.05) is 56.6 Å². The van der Waals surface area contributed by atoms with Gasteiger partial charge in [-0.1, -0.05) is 18.2 Å². The van der Waals surface area contributed by atoms with Crippen LogP contribution in [0.5, 0.6) is 5.75 Å². The molecular weight excluding hydrogens is 304 g/mol. The van der Waals surface area contributed by atoms with Crippen molar-refractivity contribution in [2.75, 3.05) is 32.8 Å². The molecule has 0 spiro atoms. The van der Waals surface area contributed by atoms with Gasteiger partial charge in [-0.2, -0.15) is 0 Å². The van der Waals surface area contributed by atoms with Crippen LogP contribution in [0.4, 0.5) is 0 Å². The highest BCUT2D eigenvalue weighted by Crippen LogP contribution is 2.36. The molecule has 4 rings (SSSR count). The van der Waals surface area contributed by atoms with E-state index in [0.717, 1.165) is 45.0 Å². The summed E-state index contributed by atoms with van der Waals surface area (Å²) in [6.45, 7) is 3.92. The van der Waals surface area contributed by atoms with Gasteiger partial charge in [0.15, 0.2) is 0 Å². The molecule has 0 N–H and O–H groups in total. The fourth-order valence-corrected chi connectivity index (χ4v) is 3.51. The third kappa shape index (κ3) is 2.85. The first kappa shape index (κ1) is 15.1. The second-order valence-corrected chi connectivity index (χ2v) is 6.11. The van der Waals surface area contributed by atoms with Gasteiger partial charge < -0.3 is 9.64 Å². The predicted octanol–water partition coefficient (Wildman–Crippen LogP) is 1.76. The molecule has 2 aliphatic heterocycles. The van der Waals surface area contributed by atoms with Gasteiger partial charge in [-0.25, -0.2) is 4.98 Å². The van der Waals surface area contributed by atoms with E-state index in [-0.39, 0.29) is 5.91 Å². The van der Waals surface area contributed by atoms with Gasteiger partial charge in [0.1, 0.15) is 11.4 Å². The van der Waals surface area contributed by atoms with Crippen molar-refractivity contribution in [1.29, 1.82) is 0 Å². The number of hydrogen-bond acceptors (Lipinski definition) is 5. The number of fused-ring (bicyclic) bond motifs is 1. The van der Waals surface area contributed by atoms with Gasteiger partial charge in [-0.05, 0) is 6.07 Å². The number of rotatable bonds is 2. The zero-order valence-electron chi connectivity index (χ0n) is 13.5. The maximum atomic E-state index is 12.5. The van der Waals surface area contributed by atoms with Crippen molar-refractivity contribution in [2.45, 2.75) is 12.5 Å². The second kappa shape index (κ2) is 6.57. The number of benzene rings is 1. The maximum absolute atomic E-state index is 12.5. The summed E-state index contributed by atoms with van der Waals surface area (Å²) in [5.41, 5.74) is 1.68. The van der Waals surface area contributed by atoms with E-state index in [1.807, 2.05) is 17.0 Å².